The number of rotatable bonds is 2. The third kappa shape index (κ3) is 2.76. The number of furan rings is 2. The minimum Gasteiger partial charge on any atom is -0.456 e. The average Bonchev–Trinajstić information content (AvgIpc) is 3.41. The highest BCUT2D eigenvalue weighted by atomic mass is 16.3. The van der Waals surface area contributed by atoms with Crippen LogP contribution in [0.3, 0.4) is 0 Å². The first-order chi connectivity index (χ1) is 16.2. The molecular weight excluding hydrogens is 410 g/mol. The van der Waals surface area contributed by atoms with Crippen LogP contribution < -0.4 is 0 Å². The van der Waals surface area contributed by atoms with Crippen molar-refractivity contribution in [2.45, 2.75) is 6.92 Å². The molecule has 0 unspecified atom stereocenters. The first-order valence-corrected chi connectivity index (χ1v) is 10.8. The zero-order chi connectivity index (χ0) is 21.9. The van der Waals surface area contributed by atoms with Gasteiger partial charge in [-0.1, -0.05) is 48.5 Å². The van der Waals surface area contributed by atoms with Crippen LogP contribution in [0.25, 0.3) is 66.7 Å². The summed E-state index contributed by atoms with van der Waals surface area (Å²) in [5.74, 6) is 1.93. The Morgan fingerprint density at radius 2 is 1.21 bits per heavy atom. The summed E-state index contributed by atoms with van der Waals surface area (Å²) in [5.41, 5.74) is 5.24. The van der Waals surface area contributed by atoms with Crippen LogP contribution in [0.4, 0.5) is 0 Å². The van der Waals surface area contributed by atoms with E-state index in [9.17, 15) is 0 Å². The van der Waals surface area contributed by atoms with Gasteiger partial charge in [-0.15, -0.1) is 0 Å². The second-order valence-electron chi connectivity index (χ2n) is 8.12. The lowest BCUT2D eigenvalue weighted by Gasteiger charge is -2.07. The van der Waals surface area contributed by atoms with E-state index in [-0.39, 0.29) is 0 Å². The van der Waals surface area contributed by atoms with Crippen LogP contribution in [0.2, 0.25) is 0 Å². The molecule has 5 nitrogen and oxygen atoms in total. The van der Waals surface area contributed by atoms with Gasteiger partial charge in [0.25, 0.3) is 0 Å². The van der Waals surface area contributed by atoms with Gasteiger partial charge in [-0.25, -0.2) is 15.0 Å². The van der Waals surface area contributed by atoms with Crippen LogP contribution in [0, 0.1) is 6.92 Å². The zero-order valence-corrected chi connectivity index (χ0v) is 17.7. The van der Waals surface area contributed by atoms with Crippen molar-refractivity contribution < 1.29 is 8.83 Å². The molecule has 0 aliphatic heterocycles. The minimum absolute atomic E-state index is 0.631. The van der Waals surface area contributed by atoms with Crippen molar-refractivity contribution in [3.8, 4) is 22.8 Å². The smallest absolute Gasteiger partial charge is 0.164 e. The summed E-state index contributed by atoms with van der Waals surface area (Å²) >= 11 is 0. The Hall–Kier alpha value is -4.51. The average molecular weight is 427 g/mol. The summed E-state index contributed by atoms with van der Waals surface area (Å²) in [5, 5.41) is 4.19. The second kappa shape index (κ2) is 6.74. The van der Waals surface area contributed by atoms with Gasteiger partial charge in [0.05, 0.1) is 0 Å². The number of aromatic nitrogens is 3. The molecular formula is C28H17N3O2. The van der Waals surface area contributed by atoms with Crippen molar-refractivity contribution in [3.63, 3.8) is 0 Å². The van der Waals surface area contributed by atoms with Crippen molar-refractivity contribution >= 4 is 43.9 Å². The van der Waals surface area contributed by atoms with Crippen LogP contribution in [0.1, 0.15) is 5.82 Å². The number of benzene rings is 4. The monoisotopic (exact) mass is 427 g/mol. The highest BCUT2D eigenvalue weighted by Gasteiger charge is 2.16. The van der Waals surface area contributed by atoms with Crippen molar-refractivity contribution in [3.05, 3.63) is 90.8 Å². The van der Waals surface area contributed by atoms with E-state index in [1.807, 2.05) is 73.7 Å². The number of aryl methyl sites for hydroxylation is 1. The SMILES string of the molecule is Cc1nc(-c2ccc3oc4ccccc4c3c2)nc(-c2cccc3oc4ccccc4c23)n1. The van der Waals surface area contributed by atoms with E-state index in [0.29, 0.717) is 17.5 Å². The highest BCUT2D eigenvalue weighted by molar-refractivity contribution is 6.11. The summed E-state index contributed by atoms with van der Waals surface area (Å²) in [4.78, 5) is 14.2. The molecule has 0 atom stereocenters. The molecule has 7 rings (SSSR count). The van der Waals surface area contributed by atoms with Crippen LogP contribution in [-0.4, -0.2) is 15.0 Å². The third-order valence-electron chi connectivity index (χ3n) is 6.03. The zero-order valence-electron chi connectivity index (χ0n) is 17.7. The predicted molar refractivity (Wildman–Crippen MR) is 130 cm³/mol. The fourth-order valence-corrected chi connectivity index (χ4v) is 4.56. The predicted octanol–water partition coefficient (Wildman–Crippen LogP) is 7.31. The Bertz CT molecular complexity index is 1850. The Labute approximate surface area is 188 Å². The molecule has 0 aliphatic carbocycles. The summed E-state index contributed by atoms with van der Waals surface area (Å²) in [6.07, 6.45) is 0. The molecule has 33 heavy (non-hydrogen) atoms. The van der Waals surface area contributed by atoms with E-state index < -0.39 is 0 Å². The third-order valence-corrected chi connectivity index (χ3v) is 6.03. The summed E-state index contributed by atoms with van der Waals surface area (Å²) in [6.45, 7) is 1.90. The van der Waals surface area contributed by atoms with Gasteiger partial charge >= 0.3 is 0 Å². The van der Waals surface area contributed by atoms with Crippen molar-refractivity contribution in [1.29, 1.82) is 0 Å². The van der Waals surface area contributed by atoms with Crippen LogP contribution in [-0.2, 0) is 0 Å². The standard InChI is InChI=1S/C28H17N3O2/c1-16-29-27(17-13-14-24-21(15-17)18-7-2-4-10-22(18)32-24)31-28(30-16)20-9-6-12-25-26(20)19-8-3-5-11-23(19)33-25/h2-15H,1H3. The van der Waals surface area contributed by atoms with E-state index in [1.165, 1.54) is 0 Å². The van der Waals surface area contributed by atoms with E-state index in [1.54, 1.807) is 0 Å². The summed E-state index contributed by atoms with van der Waals surface area (Å²) < 4.78 is 12.0. The quantitative estimate of drug-likeness (QED) is 0.289. The normalized spacial score (nSPS) is 11.8. The molecule has 4 aromatic carbocycles. The first-order valence-electron chi connectivity index (χ1n) is 10.8. The Kier molecular flexibility index (Phi) is 3.70. The fourth-order valence-electron chi connectivity index (χ4n) is 4.56. The van der Waals surface area contributed by atoms with Crippen LogP contribution in [0.15, 0.2) is 93.8 Å². The van der Waals surface area contributed by atoms with Gasteiger partial charge in [-0.3, -0.25) is 0 Å². The molecule has 156 valence electrons. The number of hydrogen-bond donors (Lipinski definition) is 0. The van der Waals surface area contributed by atoms with Crippen molar-refractivity contribution in [1.82, 2.24) is 15.0 Å². The number of para-hydroxylation sites is 2. The molecule has 3 heterocycles. The second-order valence-corrected chi connectivity index (χ2v) is 8.12. The molecule has 7 aromatic rings. The van der Waals surface area contributed by atoms with Gasteiger partial charge in [0.2, 0.25) is 0 Å². The molecule has 0 fully saturated rings. The van der Waals surface area contributed by atoms with Gasteiger partial charge in [0.1, 0.15) is 28.2 Å². The van der Waals surface area contributed by atoms with Gasteiger partial charge in [-0.05, 0) is 43.3 Å². The maximum atomic E-state index is 6.06. The number of nitrogens with zero attached hydrogens (tertiary/aromatic N) is 3. The van der Waals surface area contributed by atoms with Gasteiger partial charge in [0.15, 0.2) is 11.6 Å². The Morgan fingerprint density at radius 1 is 0.545 bits per heavy atom. The highest BCUT2D eigenvalue weighted by Crippen LogP contribution is 2.36. The van der Waals surface area contributed by atoms with Gasteiger partial charge in [-0.2, -0.15) is 0 Å². The van der Waals surface area contributed by atoms with Gasteiger partial charge in [0, 0.05) is 32.7 Å². The van der Waals surface area contributed by atoms with E-state index in [4.69, 9.17) is 13.8 Å². The number of hydrogen-bond acceptors (Lipinski definition) is 5. The van der Waals surface area contributed by atoms with E-state index in [0.717, 1.165) is 55.0 Å². The maximum absolute atomic E-state index is 6.06. The van der Waals surface area contributed by atoms with E-state index in [2.05, 4.69) is 28.2 Å². The van der Waals surface area contributed by atoms with Crippen molar-refractivity contribution in [2.75, 3.05) is 0 Å². The lowest BCUT2D eigenvalue weighted by Crippen LogP contribution is -1.99. The van der Waals surface area contributed by atoms with Crippen LogP contribution >= 0.6 is 0 Å². The van der Waals surface area contributed by atoms with Crippen molar-refractivity contribution in [2.24, 2.45) is 0 Å². The Morgan fingerprint density at radius 3 is 2.09 bits per heavy atom. The fraction of sp³-hybridized carbons (Fsp3) is 0.0357. The van der Waals surface area contributed by atoms with E-state index >= 15 is 0 Å². The minimum atomic E-state index is 0.631. The molecule has 0 saturated carbocycles. The molecule has 0 saturated heterocycles. The molecule has 0 N–H and O–H groups in total. The molecule has 5 heteroatoms. The molecule has 3 aromatic heterocycles. The molecule has 0 amide bonds. The van der Waals surface area contributed by atoms with Crippen LogP contribution in [0.5, 0.6) is 0 Å². The summed E-state index contributed by atoms with van der Waals surface area (Å²) in [7, 11) is 0. The lowest BCUT2D eigenvalue weighted by atomic mass is 10.1. The number of fused-ring (bicyclic) bond motifs is 6. The molecule has 0 aliphatic rings. The molecule has 0 radical (unpaired) electrons. The lowest BCUT2D eigenvalue weighted by molar-refractivity contribution is 0.668. The topological polar surface area (TPSA) is 65.0 Å². The molecule has 0 bridgehead atoms. The van der Waals surface area contributed by atoms with Gasteiger partial charge < -0.3 is 8.83 Å². The first kappa shape index (κ1) is 18.1. The molecule has 0 spiro atoms. The largest absolute Gasteiger partial charge is 0.456 e. The Balaban J connectivity index is 1.45. The summed E-state index contributed by atoms with van der Waals surface area (Å²) in [6, 6.07) is 28.1. The maximum Gasteiger partial charge on any atom is 0.164 e.